The Morgan fingerprint density at radius 3 is 2.60 bits per heavy atom. The smallest absolute Gasteiger partial charge is 0.291 e. The van der Waals surface area contributed by atoms with Crippen LogP contribution in [0, 0.1) is 0 Å². The van der Waals surface area contributed by atoms with Gasteiger partial charge in [-0.15, -0.1) is 0 Å². The molecule has 0 bridgehead atoms. The zero-order valence-electron chi connectivity index (χ0n) is 16.3. The molecular formula is C24H19NO5. The van der Waals surface area contributed by atoms with Crippen LogP contribution in [0.4, 0.5) is 0 Å². The summed E-state index contributed by atoms with van der Waals surface area (Å²) in [4.78, 5) is 28.4. The maximum absolute atomic E-state index is 13.5. The molecule has 0 aliphatic carbocycles. The second-order valence-corrected chi connectivity index (χ2v) is 7.09. The minimum atomic E-state index is -0.550. The van der Waals surface area contributed by atoms with Crippen molar-refractivity contribution >= 4 is 16.9 Å². The van der Waals surface area contributed by atoms with E-state index < -0.39 is 6.04 Å². The fourth-order valence-electron chi connectivity index (χ4n) is 3.97. The van der Waals surface area contributed by atoms with Gasteiger partial charge in [-0.05, 0) is 36.8 Å². The zero-order valence-corrected chi connectivity index (χ0v) is 16.3. The van der Waals surface area contributed by atoms with Crippen LogP contribution < -0.4 is 10.2 Å². The second kappa shape index (κ2) is 7.22. The maximum atomic E-state index is 13.5. The fourth-order valence-corrected chi connectivity index (χ4v) is 3.97. The fraction of sp³-hybridized carbons (Fsp3) is 0.167. The van der Waals surface area contributed by atoms with Gasteiger partial charge < -0.3 is 18.5 Å². The summed E-state index contributed by atoms with van der Waals surface area (Å²) >= 11 is 0. The van der Waals surface area contributed by atoms with Gasteiger partial charge in [-0.2, -0.15) is 0 Å². The summed E-state index contributed by atoms with van der Waals surface area (Å²) in [6.07, 6.45) is 1.56. The molecular weight excluding hydrogens is 382 g/mol. The highest BCUT2D eigenvalue weighted by Gasteiger charge is 2.43. The third kappa shape index (κ3) is 2.88. The molecule has 1 unspecified atom stereocenters. The largest absolute Gasteiger partial charge is 0.494 e. The van der Waals surface area contributed by atoms with E-state index in [1.165, 1.54) is 0 Å². The van der Waals surface area contributed by atoms with Crippen molar-refractivity contribution < 1.29 is 18.4 Å². The zero-order chi connectivity index (χ0) is 20.7. The van der Waals surface area contributed by atoms with Gasteiger partial charge in [0.25, 0.3) is 5.91 Å². The molecule has 6 nitrogen and oxygen atoms in total. The van der Waals surface area contributed by atoms with E-state index in [1.807, 2.05) is 37.3 Å². The van der Waals surface area contributed by atoms with Crippen LogP contribution in [0.1, 0.15) is 40.4 Å². The van der Waals surface area contributed by atoms with Crippen molar-refractivity contribution in [2.45, 2.75) is 19.5 Å². The topological polar surface area (TPSA) is 72.9 Å². The van der Waals surface area contributed by atoms with Gasteiger partial charge >= 0.3 is 0 Å². The summed E-state index contributed by atoms with van der Waals surface area (Å²) in [5.41, 5.74) is 1.33. The number of ether oxygens (including phenoxy) is 1. The van der Waals surface area contributed by atoms with E-state index >= 15 is 0 Å². The molecule has 0 saturated carbocycles. The Balaban J connectivity index is 1.71. The van der Waals surface area contributed by atoms with Crippen molar-refractivity contribution in [2.24, 2.45) is 0 Å². The number of carbonyl (C=O) groups excluding carboxylic acids is 1. The van der Waals surface area contributed by atoms with Crippen LogP contribution in [0.2, 0.25) is 0 Å². The summed E-state index contributed by atoms with van der Waals surface area (Å²) < 4.78 is 17.0. The lowest BCUT2D eigenvalue weighted by Gasteiger charge is -2.24. The van der Waals surface area contributed by atoms with E-state index in [0.29, 0.717) is 34.6 Å². The predicted molar refractivity (Wildman–Crippen MR) is 111 cm³/mol. The highest BCUT2D eigenvalue weighted by Crippen LogP contribution is 2.39. The molecule has 1 atom stereocenters. The molecule has 0 saturated heterocycles. The minimum absolute atomic E-state index is 0.0709. The van der Waals surface area contributed by atoms with Crippen LogP contribution in [0.15, 0.2) is 80.6 Å². The SMILES string of the molecule is CCOc1ccc2c(=O)c3c(oc2c1)C(=O)N(Cc1ccco1)C3c1ccccc1. The lowest BCUT2D eigenvalue weighted by molar-refractivity contribution is 0.0701. The Morgan fingerprint density at radius 1 is 1.03 bits per heavy atom. The standard InChI is InChI=1S/C24H19NO5/c1-2-28-16-10-11-18-19(13-16)30-23-20(22(18)26)21(15-7-4-3-5-8-15)25(24(23)27)14-17-9-6-12-29-17/h3-13,21H,2,14H2,1H3. The number of nitrogens with zero attached hydrogens (tertiary/aromatic N) is 1. The lowest BCUT2D eigenvalue weighted by Crippen LogP contribution is -2.29. The highest BCUT2D eigenvalue weighted by atomic mass is 16.5. The van der Waals surface area contributed by atoms with Crippen molar-refractivity contribution in [1.29, 1.82) is 0 Å². The molecule has 0 spiro atoms. The van der Waals surface area contributed by atoms with Crippen LogP contribution in [-0.4, -0.2) is 17.4 Å². The van der Waals surface area contributed by atoms with E-state index in [9.17, 15) is 9.59 Å². The van der Waals surface area contributed by atoms with Crippen LogP contribution in [0.5, 0.6) is 5.75 Å². The number of rotatable bonds is 5. The molecule has 5 rings (SSSR count). The van der Waals surface area contributed by atoms with Crippen LogP contribution in [0.25, 0.3) is 11.0 Å². The van der Waals surface area contributed by atoms with E-state index in [2.05, 4.69) is 0 Å². The third-order valence-electron chi connectivity index (χ3n) is 5.27. The molecule has 2 aromatic heterocycles. The Labute approximate surface area is 172 Å². The normalized spacial score (nSPS) is 15.6. The number of carbonyl (C=O) groups is 1. The number of fused-ring (bicyclic) bond motifs is 2. The van der Waals surface area contributed by atoms with E-state index in [1.54, 1.807) is 41.5 Å². The van der Waals surface area contributed by atoms with Crippen molar-refractivity contribution in [2.75, 3.05) is 6.61 Å². The first-order chi connectivity index (χ1) is 14.7. The van der Waals surface area contributed by atoms with Gasteiger partial charge in [-0.3, -0.25) is 9.59 Å². The number of hydrogen-bond acceptors (Lipinski definition) is 5. The summed E-state index contributed by atoms with van der Waals surface area (Å²) in [6, 6.07) is 17.6. The van der Waals surface area contributed by atoms with Gasteiger partial charge in [0.2, 0.25) is 5.76 Å². The number of benzene rings is 2. The Hall–Kier alpha value is -3.80. The summed E-state index contributed by atoms with van der Waals surface area (Å²) in [6.45, 7) is 2.60. The first kappa shape index (κ1) is 18.2. The van der Waals surface area contributed by atoms with E-state index in [-0.39, 0.29) is 23.6 Å². The van der Waals surface area contributed by atoms with E-state index in [4.69, 9.17) is 13.6 Å². The van der Waals surface area contributed by atoms with Gasteiger partial charge in [0.05, 0.1) is 36.4 Å². The molecule has 0 N–H and O–H groups in total. The van der Waals surface area contributed by atoms with Gasteiger partial charge in [0.1, 0.15) is 17.1 Å². The van der Waals surface area contributed by atoms with Crippen LogP contribution >= 0.6 is 0 Å². The molecule has 4 aromatic rings. The second-order valence-electron chi connectivity index (χ2n) is 7.09. The molecule has 0 radical (unpaired) electrons. The molecule has 1 amide bonds. The van der Waals surface area contributed by atoms with Gasteiger partial charge in [-0.1, -0.05) is 30.3 Å². The Kier molecular flexibility index (Phi) is 4.39. The first-order valence-corrected chi connectivity index (χ1v) is 9.79. The number of furan rings is 1. The van der Waals surface area contributed by atoms with Gasteiger partial charge in [-0.25, -0.2) is 0 Å². The molecule has 30 heavy (non-hydrogen) atoms. The van der Waals surface area contributed by atoms with Crippen molar-refractivity contribution in [1.82, 2.24) is 4.90 Å². The molecule has 3 heterocycles. The van der Waals surface area contributed by atoms with Crippen molar-refractivity contribution in [3.05, 3.63) is 99.8 Å². The molecule has 0 fully saturated rings. The average Bonchev–Trinajstić information content (AvgIpc) is 3.37. The molecule has 2 aromatic carbocycles. The minimum Gasteiger partial charge on any atom is -0.494 e. The predicted octanol–water partition coefficient (Wildman–Crippen LogP) is 4.53. The molecule has 1 aliphatic rings. The summed E-state index contributed by atoms with van der Waals surface area (Å²) in [5, 5.41) is 0.422. The average molecular weight is 401 g/mol. The van der Waals surface area contributed by atoms with Crippen molar-refractivity contribution in [3.8, 4) is 5.75 Å². The van der Waals surface area contributed by atoms with Crippen LogP contribution in [-0.2, 0) is 6.54 Å². The summed E-state index contributed by atoms with van der Waals surface area (Å²) in [7, 11) is 0. The lowest BCUT2D eigenvalue weighted by atomic mass is 9.98. The van der Waals surface area contributed by atoms with Crippen molar-refractivity contribution in [3.63, 3.8) is 0 Å². The molecule has 1 aliphatic heterocycles. The Morgan fingerprint density at radius 2 is 1.87 bits per heavy atom. The quantitative estimate of drug-likeness (QED) is 0.491. The monoisotopic (exact) mass is 401 g/mol. The highest BCUT2D eigenvalue weighted by molar-refractivity contribution is 5.99. The maximum Gasteiger partial charge on any atom is 0.291 e. The van der Waals surface area contributed by atoms with Gasteiger partial charge in [0.15, 0.2) is 5.43 Å². The third-order valence-corrected chi connectivity index (χ3v) is 5.27. The van der Waals surface area contributed by atoms with E-state index in [0.717, 1.165) is 5.56 Å². The first-order valence-electron chi connectivity index (χ1n) is 9.79. The van der Waals surface area contributed by atoms with Crippen LogP contribution in [0.3, 0.4) is 0 Å². The molecule has 150 valence electrons. The number of amides is 1. The summed E-state index contributed by atoms with van der Waals surface area (Å²) in [5.74, 6) is 0.955. The van der Waals surface area contributed by atoms with Gasteiger partial charge in [0, 0.05) is 6.07 Å². The molecule has 6 heteroatoms. The Bertz CT molecular complexity index is 1270. The number of hydrogen-bond donors (Lipinski definition) is 0.